The second-order valence-corrected chi connectivity index (χ2v) is 5.64. The van der Waals surface area contributed by atoms with E-state index in [1.165, 1.54) is 0 Å². The molecular formula is C12H22N2O. The second kappa shape index (κ2) is 3.78. The first-order valence-electron chi connectivity index (χ1n) is 6.01. The van der Waals surface area contributed by atoms with Gasteiger partial charge < -0.3 is 9.80 Å². The van der Waals surface area contributed by atoms with Crippen molar-refractivity contribution >= 4 is 5.91 Å². The third-order valence-corrected chi connectivity index (χ3v) is 3.78. The highest BCUT2D eigenvalue weighted by molar-refractivity contribution is 5.85. The maximum atomic E-state index is 12.1. The molecule has 0 N–H and O–H groups in total. The summed E-state index contributed by atoms with van der Waals surface area (Å²) in [7, 11) is 1.93. The summed E-state index contributed by atoms with van der Waals surface area (Å²) in [6, 6.07) is 0. The van der Waals surface area contributed by atoms with E-state index >= 15 is 0 Å². The van der Waals surface area contributed by atoms with E-state index in [2.05, 4.69) is 18.7 Å². The maximum absolute atomic E-state index is 12.1. The highest BCUT2D eigenvalue weighted by atomic mass is 16.2. The average Bonchev–Trinajstić information content (AvgIpc) is 2.67. The highest BCUT2D eigenvalue weighted by Gasteiger charge is 2.49. The van der Waals surface area contributed by atoms with Crippen LogP contribution in [0.3, 0.4) is 0 Å². The first-order chi connectivity index (χ1) is 7.03. The van der Waals surface area contributed by atoms with Crippen LogP contribution in [0.15, 0.2) is 0 Å². The van der Waals surface area contributed by atoms with Crippen molar-refractivity contribution in [3.05, 3.63) is 0 Å². The first-order valence-corrected chi connectivity index (χ1v) is 6.01. The third kappa shape index (κ3) is 1.89. The van der Waals surface area contributed by atoms with Crippen LogP contribution in [-0.2, 0) is 4.79 Å². The van der Waals surface area contributed by atoms with E-state index in [1.807, 2.05) is 11.9 Å². The molecule has 0 aliphatic carbocycles. The fourth-order valence-electron chi connectivity index (χ4n) is 3.00. The lowest BCUT2D eigenvalue weighted by Gasteiger charge is -2.23. The Bertz CT molecular complexity index is 264. The van der Waals surface area contributed by atoms with Gasteiger partial charge in [-0.05, 0) is 25.3 Å². The molecule has 2 saturated heterocycles. The zero-order valence-electron chi connectivity index (χ0n) is 10.1. The van der Waals surface area contributed by atoms with Gasteiger partial charge in [0.25, 0.3) is 0 Å². The summed E-state index contributed by atoms with van der Waals surface area (Å²) in [6.07, 6.45) is 2.14. The van der Waals surface area contributed by atoms with Crippen LogP contribution in [0.5, 0.6) is 0 Å². The van der Waals surface area contributed by atoms with Crippen LogP contribution in [0.1, 0.15) is 26.7 Å². The van der Waals surface area contributed by atoms with Gasteiger partial charge in [0, 0.05) is 26.7 Å². The molecule has 0 saturated carbocycles. The molecule has 86 valence electrons. The Kier molecular flexibility index (Phi) is 2.75. The number of likely N-dealkylation sites (tertiary alicyclic amines) is 2. The predicted octanol–water partition coefficient (Wildman–Crippen LogP) is 1.20. The van der Waals surface area contributed by atoms with Crippen molar-refractivity contribution in [2.75, 3.05) is 33.2 Å². The van der Waals surface area contributed by atoms with Crippen molar-refractivity contribution in [2.45, 2.75) is 26.7 Å². The lowest BCUT2D eigenvalue weighted by atomic mass is 9.85. The van der Waals surface area contributed by atoms with Gasteiger partial charge in [-0.1, -0.05) is 13.8 Å². The van der Waals surface area contributed by atoms with Gasteiger partial charge in [-0.2, -0.15) is 0 Å². The Morgan fingerprint density at radius 1 is 1.33 bits per heavy atom. The molecule has 0 aromatic carbocycles. The molecule has 2 fully saturated rings. The lowest BCUT2D eigenvalue weighted by molar-refractivity contribution is -0.134. The van der Waals surface area contributed by atoms with Crippen molar-refractivity contribution in [3.8, 4) is 0 Å². The Morgan fingerprint density at radius 2 is 2.00 bits per heavy atom. The molecule has 1 atom stereocenters. The van der Waals surface area contributed by atoms with Crippen molar-refractivity contribution < 1.29 is 4.79 Å². The molecule has 3 heteroatoms. The number of nitrogens with zero attached hydrogens (tertiary/aromatic N) is 2. The lowest BCUT2D eigenvalue weighted by Crippen LogP contribution is -2.36. The van der Waals surface area contributed by atoms with Gasteiger partial charge in [0.2, 0.25) is 5.91 Å². The van der Waals surface area contributed by atoms with E-state index in [0.717, 1.165) is 39.0 Å². The van der Waals surface area contributed by atoms with Crippen molar-refractivity contribution in [3.63, 3.8) is 0 Å². The molecule has 15 heavy (non-hydrogen) atoms. The Morgan fingerprint density at radius 3 is 2.53 bits per heavy atom. The normalized spacial score (nSPS) is 32.5. The topological polar surface area (TPSA) is 23.6 Å². The van der Waals surface area contributed by atoms with Gasteiger partial charge in [0.05, 0.1) is 5.41 Å². The van der Waals surface area contributed by atoms with E-state index in [9.17, 15) is 4.79 Å². The van der Waals surface area contributed by atoms with Crippen molar-refractivity contribution in [2.24, 2.45) is 11.3 Å². The zero-order valence-corrected chi connectivity index (χ0v) is 10.1. The van der Waals surface area contributed by atoms with E-state index in [4.69, 9.17) is 0 Å². The quantitative estimate of drug-likeness (QED) is 0.683. The summed E-state index contributed by atoms with van der Waals surface area (Å²) in [5, 5.41) is 0. The van der Waals surface area contributed by atoms with E-state index in [0.29, 0.717) is 11.8 Å². The minimum atomic E-state index is -0.0103. The highest BCUT2D eigenvalue weighted by Crippen LogP contribution is 2.40. The molecule has 2 aliphatic heterocycles. The average molecular weight is 210 g/mol. The Labute approximate surface area is 92.4 Å². The SMILES string of the molecule is CC(C)CN1CC[C@]2(CCN(C)C2=O)C1. The van der Waals surface area contributed by atoms with Crippen LogP contribution < -0.4 is 0 Å². The van der Waals surface area contributed by atoms with Gasteiger partial charge >= 0.3 is 0 Å². The molecule has 2 rings (SSSR count). The molecule has 1 spiro atoms. The second-order valence-electron chi connectivity index (χ2n) is 5.64. The number of carbonyl (C=O) groups is 1. The van der Waals surface area contributed by atoms with E-state index in [1.54, 1.807) is 0 Å². The summed E-state index contributed by atoms with van der Waals surface area (Å²) < 4.78 is 0. The maximum Gasteiger partial charge on any atom is 0.229 e. The molecular weight excluding hydrogens is 188 g/mol. The molecule has 0 bridgehead atoms. The Hall–Kier alpha value is -0.570. The van der Waals surface area contributed by atoms with Crippen LogP contribution >= 0.6 is 0 Å². The summed E-state index contributed by atoms with van der Waals surface area (Å²) >= 11 is 0. The number of hydrogen-bond acceptors (Lipinski definition) is 2. The van der Waals surface area contributed by atoms with Crippen LogP contribution in [0.2, 0.25) is 0 Å². The molecule has 0 aromatic heterocycles. The van der Waals surface area contributed by atoms with Gasteiger partial charge in [-0.3, -0.25) is 4.79 Å². The molecule has 2 aliphatic rings. The third-order valence-electron chi connectivity index (χ3n) is 3.78. The summed E-state index contributed by atoms with van der Waals surface area (Å²) in [5.41, 5.74) is -0.0103. The minimum absolute atomic E-state index is 0.0103. The molecule has 0 unspecified atom stereocenters. The van der Waals surface area contributed by atoms with Gasteiger partial charge in [-0.25, -0.2) is 0 Å². The smallest absolute Gasteiger partial charge is 0.229 e. The van der Waals surface area contributed by atoms with Crippen LogP contribution in [0.4, 0.5) is 0 Å². The van der Waals surface area contributed by atoms with Crippen LogP contribution in [0.25, 0.3) is 0 Å². The molecule has 0 radical (unpaired) electrons. The van der Waals surface area contributed by atoms with Gasteiger partial charge in [-0.15, -0.1) is 0 Å². The fraction of sp³-hybridized carbons (Fsp3) is 0.917. The van der Waals surface area contributed by atoms with Crippen LogP contribution in [0, 0.1) is 11.3 Å². The number of amides is 1. The standard InChI is InChI=1S/C12H22N2O/c1-10(2)8-14-7-5-12(9-14)4-6-13(3)11(12)15/h10H,4-9H2,1-3H3/t12-/m1/s1. The monoisotopic (exact) mass is 210 g/mol. The molecule has 1 amide bonds. The molecule has 2 heterocycles. The Balaban J connectivity index is 2.00. The van der Waals surface area contributed by atoms with Gasteiger partial charge in [0.1, 0.15) is 0 Å². The molecule has 3 nitrogen and oxygen atoms in total. The number of rotatable bonds is 2. The van der Waals surface area contributed by atoms with E-state index < -0.39 is 0 Å². The predicted molar refractivity (Wildman–Crippen MR) is 60.6 cm³/mol. The molecule has 0 aromatic rings. The first kappa shape index (κ1) is 10.9. The minimum Gasteiger partial charge on any atom is -0.345 e. The summed E-state index contributed by atoms with van der Waals surface area (Å²) in [6.45, 7) is 8.68. The number of carbonyl (C=O) groups excluding carboxylic acids is 1. The summed E-state index contributed by atoms with van der Waals surface area (Å²) in [5.74, 6) is 1.09. The van der Waals surface area contributed by atoms with Crippen molar-refractivity contribution in [1.82, 2.24) is 9.80 Å². The number of hydrogen-bond donors (Lipinski definition) is 0. The van der Waals surface area contributed by atoms with Gasteiger partial charge in [0.15, 0.2) is 0 Å². The fourth-order valence-corrected chi connectivity index (χ4v) is 3.00. The summed E-state index contributed by atoms with van der Waals surface area (Å²) in [4.78, 5) is 16.4. The van der Waals surface area contributed by atoms with Crippen molar-refractivity contribution in [1.29, 1.82) is 0 Å². The zero-order chi connectivity index (χ0) is 11.1. The largest absolute Gasteiger partial charge is 0.345 e. The van der Waals surface area contributed by atoms with E-state index in [-0.39, 0.29) is 5.41 Å². The van der Waals surface area contributed by atoms with Crippen LogP contribution in [-0.4, -0.2) is 48.9 Å².